The van der Waals surface area contributed by atoms with Gasteiger partial charge in [-0.05, 0) is 43.5 Å². The van der Waals surface area contributed by atoms with Crippen LogP contribution >= 0.6 is 0 Å². The third kappa shape index (κ3) is 4.21. The van der Waals surface area contributed by atoms with E-state index in [1.165, 1.54) is 5.56 Å². The van der Waals surface area contributed by atoms with Gasteiger partial charge in [0.1, 0.15) is 12.4 Å². The summed E-state index contributed by atoms with van der Waals surface area (Å²) in [5.74, 6) is 6.68. The predicted octanol–water partition coefficient (Wildman–Crippen LogP) is 1.24. The number of aliphatic hydroxyl groups is 2. The Labute approximate surface area is 126 Å². The van der Waals surface area contributed by atoms with Gasteiger partial charge in [0.2, 0.25) is 0 Å². The smallest absolute Gasteiger partial charge is 0.134 e. The molecule has 114 valence electrons. The van der Waals surface area contributed by atoms with Crippen molar-refractivity contribution in [3.05, 3.63) is 29.3 Å². The summed E-state index contributed by atoms with van der Waals surface area (Å²) in [5.41, 5.74) is 1.97. The Balaban J connectivity index is 2.07. The van der Waals surface area contributed by atoms with Crippen LogP contribution in [0.2, 0.25) is 0 Å². The standard InChI is InChI=1S/C17H23NO3/c1-13(20)16-7-8-18(12-16)11-14-5-6-17(21-2)15(10-14)4-3-9-19/h5-6,10,13,16,19-20H,7-9,11-12H2,1-2H3. The summed E-state index contributed by atoms with van der Waals surface area (Å²) in [6.45, 7) is 4.50. The van der Waals surface area contributed by atoms with Gasteiger partial charge in [0.15, 0.2) is 0 Å². The molecule has 0 saturated carbocycles. The third-order valence-corrected chi connectivity index (χ3v) is 3.96. The van der Waals surface area contributed by atoms with E-state index >= 15 is 0 Å². The van der Waals surface area contributed by atoms with Crippen molar-refractivity contribution in [2.45, 2.75) is 26.0 Å². The molecule has 0 amide bonds. The fourth-order valence-corrected chi connectivity index (χ4v) is 2.74. The van der Waals surface area contributed by atoms with Crippen molar-refractivity contribution >= 4 is 0 Å². The van der Waals surface area contributed by atoms with Crippen LogP contribution in [-0.4, -0.2) is 48.0 Å². The van der Waals surface area contributed by atoms with Crippen LogP contribution in [0.3, 0.4) is 0 Å². The molecule has 4 nitrogen and oxygen atoms in total. The molecule has 1 aromatic carbocycles. The molecular weight excluding hydrogens is 266 g/mol. The number of methoxy groups -OCH3 is 1. The minimum atomic E-state index is -0.239. The SMILES string of the molecule is COc1ccc(CN2CCC(C(C)O)C2)cc1C#CCO. The van der Waals surface area contributed by atoms with Crippen LogP contribution in [-0.2, 0) is 6.54 Å². The van der Waals surface area contributed by atoms with Crippen LogP contribution in [0.25, 0.3) is 0 Å². The normalized spacial score (nSPS) is 19.9. The minimum Gasteiger partial charge on any atom is -0.495 e. The van der Waals surface area contributed by atoms with Crippen molar-refractivity contribution in [1.29, 1.82) is 0 Å². The van der Waals surface area contributed by atoms with Crippen molar-refractivity contribution < 1.29 is 14.9 Å². The van der Waals surface area contributed by atoms with E-state index in [-0.39, 0.29) is 12.7 Å². The number of nitrogens with zero attached hydrogens (tertiary/aromatic N) is 1. The minimum absolute atomic E-state index is 0.157. The highest BCUT2D eigenvalue weighted by atomic mass is 16.5. The lowest BCUT2D eigenvalue weighted by Crippen LogP contribution is -2.24. The summed E-state index contributed by atoms with van der Waals surface area (Å²) in [4.78, 5) is 2.35. The number of likely N-dealkylation sites (tertiary alicyclic amines) is 1. The number of aliphatic hydroxyl groups excluding tert-OH is 2. The molecule has 21 heavy (non-hydrogen) atoms. The second kappa shape index (κ2) is 7.46. The Morgan fingerprint density at radius 2 is 2.29 bits per heavy atom. The monoisotopic (exact) mass is 289 g/mol. The number of hydrogen-bond donors (Lipinski definition) is 2. The van der Waals surface area contributed by atoms with Gasteiger partial charge in [0.25, 0.3) is 0 Å². The van der Waals surface area contributed by atoms with E-state index in [2.05, 4.69) is 16.7 Å². The van der Waals surface area contributed by atoms with Crippen LogP contribution in [0.5, 0.6) is 5.75 Å². The lowest BCUT2D eigenvalue weighted by atomic mass is 10.0. The molecule has 0 spiro atoms. The van der Waals surface area contributed by atoms with Gasteiger partial charge < -0.3 is 14.9 Å². The van der Waals surface area contributed by atoms with Gasteiger partial charge >= 0.3 is 0 Å². The zero-order chi connectivity index (χ0) is 15.2. The first-order chi connectivity index (χ1) is 10.1. The first-order valence-corrected chi connectivity index (χ1v) is 7.31. The zero-order valence-corrected chi connectivity index (χ0v) is 12.7. The average molecular weight is 289 g/mol. The Kier molecular flexibility index (Phi) is 5.63. The molecule has 2 atom stereocenters. The fourth-order valence-electron chi connectivity index (χ4n) is 2.74. The summed E-state index contributed by atoms with van der Waals surface area (Å²) in [6, 6.07) is 5.97. The molecule has 2 unspecified atom stereocenters. The highest BCUT2D eigenvalue weighted by Crippen LogP contribution is 2.24. The maximum atomic E-state index is 9.66. The van der Waals surface area contributed by atoms with Crippen LogP contribution < -0.4 is 4.74 Å². The molecule has 0 bridgehead atoms. The van der Waals surface area contributed by atoms with Crippen LogP contribution in [0.1, 0.15) is 24.5 Å². The van der Waals surface area contributed by atoms with Gasteiger partial charge in [-0.25, -0.2) is 0 Å². The number of benzene rings is 1. The van der Waals surface area contributed by atoms with Gasteiger partial charge in [-0.2, -0.15) is 0 Å². The van der Waals surface area contributed by atoms with Gasteiger partial charge in [0.05, 0.1) is 18.8 Å². The second-order valence-electron chi connectivity index (χ2n) is 5.52. The quantitative estimate of drug-likeness (QED) is 0.819. The summed E-state index contributed by atoms with van der Waals surface area (Å²) in [7, 11) is 1.62. The van der Waals surface area contributed by atoms with Crippen molar-refractivity contribution in [2.75, 3.05) is 26.8 Å². The number of ether oxygens (including phenoxy) is 1. The van der Waals surface area contributed by atoms with E-state index in [1.807, 2.05) is 25.1 Å². The molecule has 1 aromatic rings. The topological polar surface area (TPSA) is 52.9 Å². The molecule has 0 aromatic heterocycles. The largest absolute Gasteiger partial charge is 0.495 e. The Morgan fingerprint density at radius 3 is 2.90 bits per heavy atom. The Hall–Kier alpha value is -1.54. The molecule has 1 fully saturated rings. The molecule has 1 heterocycles. The summed E-state index contributed by atoms with van der Waals surface area (Å²) < 4.78 is 5.29. The van der Waals surface area contributed by atoms with E-state index < -0.39 is 0 Å². The van der Waals surface area contributed by atoms with E-state index in [0.717, 1.165) is 37.4 Å². The number of hydrogen-bond acceptors (Lipinski definition) is 4. The van der Waals surface area contributed by atoms with Crippen molar-refractivity contribution in [1.82, 2.24) is 4.90 Å². The van der Waals surface area contributed by atoms with Crippen molar-refractivity contribution in [3.63, 3.8) is 0 Å². The zero-order valence-electron chi connectivity index (χ0n) is 12.7. The highest BCUT2D eigenvalue weighted by Gasteiger charge is 2.25. The molecule has 2 rings (SSSR count). The maximum Gasteiger partial charge on any atom is 0.134 e. The number of rotatable bonds is 4. The van der Waals surface area contributed by atoms with Gasteiger partial charge in [-0.15, -0.1) is 0 Å². The molecule has 0 aliphatic carbocycles. The molecule has 2 N–H and O–H groups in total. The van der Waals surface area contributed by atoms with Gasteiger partial charge in [-0.3, -0.25) is 4.90 Å². The molecule has 0 radical (unpaired) electrons. The average Bonchev–Trinajstić information content (AvgIpc) is 2.94. The fraction of sp³-hybridized carbons (Fsp3) is 0.529. The van der Waals surface area contributed by atoms with Gasteiger partial charge in [0, 0.05) is 13.1 Å². The summed E-state index contributed by atoms with van der Waals surface area (Å²) in [5, 5.41) is 18.5. The van der Waals surface area contributed by atoms with E-state index in [1.54, 1.807) is 7.11 Å². The molecule has 1 aliphatic heterocycles. The van der Waals surface area contributed by atoms with Crippen LogP contribution in [0.4, 0.5) is 0 Å². The van der Waals surface area contributed by atoms with Crippen LogP contribution in [0.15, 0.2) is 18.2 Å². The lowest BCUT2D eigenvalue weighted by molar-refractivity contribution is 0.127. The molecular formula is C17H23NO3. The Morgan fingerprint density at radius 1 is 1.48 bits per heavy atom. The summed E-state index contributed by atoms with van der Waals surface area (Å²) in [6.07, 6.45) is 0.808. The highest BCUT2D eigenvalue weighted by molar-refractivity contribution is 5.48. The van der Waals surface area contributed by atoms with Crippen LogP contribution in [0, 0.1) is 17.8 Å². The van der Waals surface area contributed by atoms with Crippen molar-refractivity contribution in [3.8, 4) is 17.6 Å². The summed E-state index contributed by atoms with van der Waals surface area (Å²) >= 11 is 0. The first-order valence-electron chi connectivity index (χ1n) is 7.31. The van der Waals surface area contributed by atoms with Gasteiger partial charge in [-0.1, -0.05) is 17.9 Å². The van der Waals surface area contributed by atoms with E-state index in [9.17, 15) is 5.11 Å². The second-order valence-corrected chi connectivity index (χ2v) is 5.52. The predicted molar refractivity (Wildman–Crippen MR) is 82.0 cm³/mol. The maximum absolute atomic E-state index is 9.66. The molecule has 4 heteroatoms. The molecule has 1 saturated heterocycles. The van der Waals surface area contributed by atoms with E-state index in [0.29, 0.717) is 5.92 Å². The third-order valence-electron chi connectivity index (χ3n) is 3.96. The van der Waals surface area contributed by atoms with Crippen molar-refractivity contribution in [2.24, 2.45) is 5.92 Å². The molecule has 1 aliphatic rings. The Bertz CT molecular complexity index is 531. The first kappa shape index (κ1) is 15.8. The lowest BCUT2D eigenvalue weighted by Gasteiger charge is -2.18. The van der Waals surface area contributed by atoms with E-state index in [4.69, 9.17) is 9.84 Å².